The molecule has 2 atom stereocenters. The van der Waals surface area contributed by atoms with E-state index in [-0.39, 0.29) is 18.6 Å². The van der Waals surface area contributed by atoms with Crippen molar-refractivity contribution in [2.75, 3.05) is 61.6 Å². The standard InChI is InChI=1S/C26H28N6O5/c1-35-24-5-3-19-25(30-24)21(6-8-28-19)31-9-7-16(13-31)11-27-12-18-14-32(26(34)37-18)17-2-4-22-20(10-17)29-23(33)15-36-22/h2-6,8,10,16,18,27H,7,9,11-15H2,1H3,(H,29,33)/t16?,18-/m1/s1. The summed E-state index contributed by atoms with van der Waals surface area (Å²) >= 11 is 0. The summed E-state index contributed by atoms with van der Waals surface area (Å²) in [6.07, 6.45) is 2.23. The van der Waals surface area contributed by atoms with Crippen molar-refractivity contribution in [3.8, 4) is 11.6 Å². The Labute approximate surface area is 213 Å². The number of hydrogen-bond donors (Lipinski definition) is 2. The fourth-order valence-corrected chi connectivity index (χ4v) is 5.11. The number of fused-ring (bicyclic) bond motifs is 2. The van der Waals surface area contributed by atoms with Crippen LogP contribution in [0, 0.1) is 5.92 Å². The molecule has 192 valence electrons. The van der Waals surface area contributed by atoms with E-state index >= 15 is 0 Å². The molecule has 0 saturated carbocycles. The third-order valence-corrected chi connectivity index (χ3v) is 6.96. The fourth-order valence-electron chi connectivity index (χ4n) is 5.11. The normalized spacial score (nSPS) is 21.0. The highest BCUT2D eigenvalue weighted by molar-refractivity contribution is 5.97. The summed E-state index contributed by atoms with van der Waals surface area (Å²) in [6.45, 7) is 3.68. The average Bonchev–Trinajstić information content (AvgIpc) is 3.54. The number of rotatable bonds is 7. The largest absolute Gasteiger partial charge is 0.482 e. The molecule has 11 nitrogen and oxygen atoms in total. The van der Waals surface area contributed by atoms with E-state index in [1.165, 1.54) is 0 Å². The number of methoxy groups -OCH3 is 1. The zero-order valence-corrected chi connectivity index (χ0v) is 20.5. The van der Waals surface area contributed by atoms with Crippen molar-refractivity contribution < 1.29 is 23.8 Å². The minimum atomic E-state index is -0.394. The first-order valence-corrected chi connectivity index (χ1v) is 12.4. The van der Waals surface area contributed by atoms with Gasteiger partial charge in [-0.15, -0.1) is 0 Å². The van der Waals surface area contributed by atoms with Gasteiger partial charge < -0.3 is 29.7 Å². The lowest BCUT2D eigenvalue weighted by Gasteiger charge is -2.21. The molecule has 5 heterocycles. The maximum absolute atomic E-state index is 12.5. The molecule has 0 spiro atoms. The molecule has 2 amide bonds. The summed E-state index contributed by atoms with van der Waals surface area (Å²) in [4.78, 5) is 37.1. The summed E-state index contributed by atoms with van der Waals surface area (Å²) in [5.74, 6) is 1.42. The number of carbonyl (C=O) groups is 2. The van der Waals surface area contributed by atoms with Crippen molar-refractivity contribution >= 4 is 40.1 Å². The number of hydrogen-bond acceptors (Lipinski definition) is 9. The Balaban J connectivity index is 1.03. The maximum atomic E-state index is 12.5. The molecule has 3 aromatic rings. The third kappa shape index (κ3) is 4.69. The first kappa shape index (κ1) is 23.3. The number of nitrogens with zero attached hydrogens (tertiary/aromatic N) is 4. The first-order chi connectivity index (χ1) is 18.1. The van der Waals surface area contributed by atoms with Crippen molar-refractivity contribution in [2.45, 2.75) is 12.5 Å². The molecule has 0 radical (unpaired) electrons. The van der Waals surface area contributed by atoms with Crippen LogP contribution in [-0.4, -0.2) is 74.5 Å². The number of nitrogens with one attached hydrogen (secondary N) is 2. The SMILES string of the molecule is COc1ccc2nccc(N3CCC(CNC[C@@H]4CN(c5ccc6c(c5)NC(=O)CO6)C(=O)O4)C3)c2n1. The van der Waals surface area contributed by atoms with Crippen LogP contribution in [0.3, 0.4) is 0 Å². The smallest absolute Gasteiger partial charge is 0.414 e. The van der Waals surface area contributed by atoms with E-state index in [1.807, 2.05) is 24.4 Å². The van der Waals surface area contributed by atoms with Crippen LogP contribution in [-0.2, 0) is 9.53 Å². The van der Waals surface area contributed by atoms with Crippen LogP contribution < -0.4 is 29.9 Å². The van der Waals surface area contributed by atoms with Gasteiger partial charge in [-0.2, -0.15) is 0 Å². The molecular weight excluding hydrogens is 476 g/mol. The van der Waals surface area contributed by atoms with Crippen LogP contribution in [0.2, 0.25) is 0 Å². The van der Waals surface area contributed by atoms with Gasteiger partial charge in [0.05, 0.1) is 30.5 Å². The zero-order chi connectivity index (χ0) is 25.4. The highest BCUT2D eigenvalue weighted by Gasteiger charge is 2.33. The minimum Gasteiger partial charge on any atom is -0.482 e. The number of anilines is 3. The van der Waals surface area contributed by atoms with Gasteiger partial charge in [-0.05, 0) is 49.2 Å². The van der Waals surface area contributed by atoms with Gasteiger partial charge in [0.25, 0.3) is 5.91 Å². The lowest BCUT2D eigenvalue weighted by Crippen LogP contribution is -2.34. The number of carbonyl (C=O) groups excluding carboxylic acids is 2. The number of aromatic nitrogens is 2. The molecule has 2 N–H and O–H groups in total. The number of cyclic esters (lactones) is 1. The van der Waals surface area contributed by atoms with E-state index < -0.39 is 6.09 Å². The lowest BCUT2D eigenvalue weighted by molar-refractivity contribution is -0.118. The van der Waals surface area contributed by atoms with Gasteiger partial charge in [-0.1, -0.05) is 0 Å². The summed E-state index contributed by atoms with van der Waals surface area (Å²) in [7, 11) is 1.61. The molecule has 3 aliphatic rings. The summed E-state index contributed by atoms with van der Waals surface area (Å²) in [5.41, 5.74) is 3.99. The van der Waals surface area contributed by atoms with Crippen LogP contribution in [0.5, 0.6) is 11.6 Å². The van der Waals surface area contributed by atoms with Gasteiger partial charge in [0.15, 0.2) is 6.61 Å². The molecule has 0 aliphatic carbocycles. The molecule has 0 bridgehead atoms. The Bertz CT molecular complexity index is 1350. The van der Waals surface area contributed by atoms with E-state index in [0.717, 1.165) is 42.8 Å². The van der Waals surface area contributed by atoms with Crippen LogP contribution in [0.15, 0.2) is 42.6 Å². The van der Waals surface area contributed by atoms with Gasteiger partial charge in [0, 0.05) is 37.6 Å². The van der Waals surface area contributed by atoms with E-state index in [4.69, 9.17) is 14.2 Å². The predicted molar refractivity (Wildman–Crippen MR) is 137 cm³/mol. The van der Waals surface area contributed by atoms with Crippen molar-refractivity contribution in [1.82, 2.24) is 15.3 Å². The van der Waals surface area contributed by atoms with E-state index in [1.54, 1.807) is 30.2 Å². The fraction of sp³-hybridized carbons (Fsp3) is 0.385. The number of ether oxygens (including phenoxy) is 3. The quantitative estimate of drug-likeness (QED) is 0.500. The van der Waals surface area contributed by atoms with Crippen LogP contribution in [0.25, 0.3) is 11.0 Å². The molecule has 6 rings (SSSR count). The number of pyridine rings is 2. The summed E-state index contributed by atoms with van der Waals surface area (Å²) in [5, 5.41) is 6.26. The molecule has 11 heteroatoms. The molecular formula is C26H28N6O5. The highest BCUT2D eigenvalue weighted by Crippen LogP contribution is 2.34. The molecule has 2 saturated heterocycles. The first-order valence-electron chi connectivity index (χ1n) is 12.4. The highest BCUT2D eigenvalue weighted by atomic mass is 16.6. The molecule has 1 aromatic carbocycles. The van der Waals surface area contributed by atoms with Crippen molar-refractivity contribution in [2.24, 2.45) is 5.92 Å². The van der Waals surface area contributed by atoms with Crippen LogP contribution >= 0.6 is 0 Å². The average molecular weight is 505 g/mol. The zero-order valence-electron chi connectivity index (χ0n) is 20.5. The second-order valence-corrected chi connectivity index (χ2v) is 9.44. The predicted octanol–water partition coefficient (Wildman–Crippen LogP) is 2.41. The summed E-state index contributed by atoms with van der Waals surface area (Å²) in [6, 6.07) is 11.1. The van der Waals surface area contributed by atoms with Crippen molar-refractivity contribution in [3.63, 3.8) is 0 Å². The number of amides is 2. The monoisotopic (exact) mass is 504 g/mol. The molecule has 37 heavy (non-hydrogen) atoms. The Kier molecular flexibility index (Phi) is 6.13. The van der Waals surface area contributed by atoms with E-state index in [9.17, 15) is 9.59 Å². The lowest BCUT2D eigenvalue weighted by atomic mass is 10.1. The molecule has 3 aliphatic heterocycles. The maximum Gasteiger partial charge on any atom is 0.414 e. The Morgan fingerprint density at radius 2 is 2.08 bits per heavy atom. The molecule has 2 fully saturated rings. The van der Waals surface area contributed by atoms with Crippen LogP contribution in [0.1, 0.15) is 6.42 Å². The topological polar surface area (TPSA) is 118 Å². The van der Waals surface area contributed by atoms with Crippen molar-refractivity contribution in [1.29, 1.82) is 0 Å². The van der Waals surface area contributed by atoms with Gasteiger partial charge >= 0.3 is 6.09 Å². The second-order valence-electron chi connectivity index (χ2n) is 9.44. The van der Waals surface area contributed by atoms with E-state index in [2.05, 4.69) is 25.5 Å². The molecule has 2 aromatic heterocycles. The summed E-state index contributed by atoms with van der Waals surface area (Å²) < 4.78 is 16.3. The third-order valence-electron chi connectivity index (χ3n) is 6.96. The Morgan fingerprint density at radius 1 is 1.16 bits per heavy atom. The van der Waals surface area contributed by atoms with Crippen molar-refractivity contribution in [3.05, 3.63) is 42.6 Å². The number of benzene rings is 1. The van der Waals surface area contributed by atoms with Gasteiger partial charge in [-0.25, -0.2) is 9.78 Å². The van der Waals surface area contributed by atoms with Gasteiger partial charge in [-0.3, -0.25) is 14.7 Å². The van der Waals surface area contributed by atoms with Gasteiger partial charge in [0.1, 0.15) is 17.4 Å². The second kappa shape index (κ2) is 9.74. The van der Waals surface area contributed by atoms with E-state index in [0.29, 0.717) is 42.0 Å². The van der Waals surface area contributed by atoms with Crippen LogP contribution in [0.4, 0.5) is 21.9 Å². The minimum absolute atomic E-state index is 0.00458. The van der Waals surface area contributed by atoms with Gasteiger partial charge in [0.2, 0.25) is 5.88 Å². The Morgan fingerprint density at radius 3 is 2.97 bits per heavy atom. The Hall–Kier alpha value is -4.12. The molecule has 1 unspecified atom stereocenters.